The predicted molar refractivity (Wildman–Crippen MR) is 100 cm³/mol. The van der Waals surface area contributed by atoms with Gasteiger partial charge in [0.25, 0.3) is 5.91 Å². The normalized spacial score (nSPS) is 10.9. The van der Waals surface area contributed by atoms with E-state index in [0.717, 1.165) is 6.08 Å². The van der Waals surface area contributed by atoms with E-state index in [1.165, 1.54) is 36.4 Å². The number of rotatable bonds is 7. The zero-order valence-electron chi connectivity index (χ0n) is 14.3. The summed E-state index contributed by atoms with van der Waals surface area (Å²) in [5.74, 6) is -0.976. The monoisotopic (exact) mass is 394 g/mol. The smallest absolute Gasteiger partial charge is 0.387 e. The highest BCUT2D eigenvalue weighted by molar-refractivity contribution is 6.31. The van der Waals surface area contributed by atoms with E-state index in [1.807, 2.05) is 0 Å². The Morgan fingerprint density at radius 1 is 1.22 bits per heavy atom. The van der Waals surface area contributed by atoms with Crippen LogP contribution in [0.1, 0.15) is 22.8 Å². The molecule has 2 aromatic rings. The van der Waals surface area contributed by atoms with Crippen LogP contribution in [0.15, 0.2) is 48.5 Å². The number of amides is 2. The molecule has 0 aliphatic rings. The number of para-hydroxylation sites is 1. The molecule has 0 saturated carbocycles. The molecule has 8 heteroatoms. The van der Waals surface area contributed by atoms with Gasteiger partial charge in [0.05, 0.1) is 11.3 Å². The third kappa shape index (κ3) is 6.07. The van der Waals surface area contributed by atoms with Crippen LogP contribution in [0, 0.1) is 0 Å². The maximum absolute atomic E-state index is 12.4. The lowest BCUT2D eigenvalue weighted by Crippen LogP contribution is -2.24. The van der Waals surface area contributed by atoms with E-state index in [2.05, 4.69) is 15.4 Å². The summed E-state index contributed by atoms with van der Waals surface area (Å²) in [5.41, 5.74) is 0.803. The summed E-state index contributed by atoms with van der Waals surface area (Å²) >= 11 is 5.92. The highest BCUT2D eigenvalue weighted by atomic mass is 35.5. The number of benzene rings is 2. The van der Waals surface area contributed by atoms with Crippen LogP contribution < -0.4 is 15.4 Å². The summed E-state index contributed by atoms with van der Waals surface area (Å²) in [4.78, 5) is 24.3. The Hall–Kier alpha value is -2.93. The first-order chi connectivity index (χ1) is 12.9. The number of carbonyl (C=O) groups excluding carboxylic acids is 2. The summed E-state index contributed by atoms with van der Waals surface area (Å²) in [6.07, 6.45) is 2.50. The molecular weight excluding hydrogens is 378 g/mol. The summed E-state index contributed by atoms with van der Waals surface area (Å²) in [6.45, 7) is -0.788. The highest BCUT2D eigenvalue weighted by Gasteiger charge is 2.13. The quantitative estimate of drug-likeness (QED) is 0.686. The molecule has 0 radical (unpaired) electrons. The van der Waals surface area contributed by atoms with E-state index in [0.29, 0.717) is 17.1 Å². The fourth-order valence-electron chi connectivity index (χ4n) is 2.23. The first-order valence-corrected chi connectivity index (χ1v) is 8.39. The number of halogens is 3. The molecular formula is C19H17ClF2N2O3. The van der Waals surface area contributed by atoms with Crippen LogP contribution in [-0.4, -0.2) is 25.0 Å². The minimum absolute atomic E-state index is 0.0499. The van der Waals surface area contributed by atoms with Gasteiger partial charge in [-0.15, -0.1) is 0 Å². The van der Waals surface area contributed by atoms with Gasteiger partial charge in [-0.1, -0.05) is 29.8 Å². The third-order valence-electron chi connectivity index (χ3n) is 3.37. The highest BCUT2D eigenvalue weighted by Crippen LogP contribution is 2.23. The zero-order valence-corrected chi connectivity index (χ0v) is 15.1. The fraction of sp³-hybridized carbons (Fsp3) is 0.158. The molecule has 0 heterocycles. The van der Waals surface area contributed by atoms with Crippen LogP contribution in [0.5, 0.6) is 5.75 Å². The molecule has 142 valence electrons. The van der Waals surface area contributed by atoms with Gasteiger partial charge in [0.15, 0.2) is 0 Å². The van der Waals surface area contributed by atoms with Gasteiger partial charge in [0, 0.05) is 23.2 Å². The van der Waals surface area contributed by atoms with Crippen LogP contribution in [0.4, 0.5) is 14.5 Å². The van der Waals surface area contributed by atoms with E-state index in [4.69, 9.17) is 11.6 Å². The second-order valence-electron chi connectivity index (χ2n) is 5.29. The number of hydrogen-bond donors (Lipinski definition) is 2. The average molecular weight is 395 g/mol. The maximum atomic E-state index is 12.4. The number of anilines is 1. The lowest BCUT2D eigenvalue weighted by molar-refractivity contribution is -0.111. The van der Waals surface area contributed by atoms with Crippen LogP contribution in [0.25, 0.3) is 6.08 Å². The summed E-state index contributed by atoms with van der Waals surface area (Å²) in [7, 11) is 0. The van der Waals surface area contributed by atoms with Crippen molar-refractivity contribution < 1.29 is 23.1 Å². The second-order valence-corrected chi connectivity index (χ2v) is 5.72. The van der Waals surface area contributed by atoms with Gasteiger partial charge in [-0.3, -0.25) is 9.59 Å². The molecule has 0 fully saturated rings. The Kier molecular flexibility index (Phi) is 7.31. The van der Waals surface area contributed by atoms with Crippen molar-refractivity contribution in [2.75, 3.05) is 11.9 Å². The van der Waals surface area contributed by atoms with E-state index in [1.54, 1.807) is 19.1 Å². The number of alkyl halides is 2. The van der Waals surface area contributed by atoms with Crippen molar-refractivity contribution in [2.45, 2.75) is 13.5 Å². The van der Waals surface area contributed by atoms with Crippen molar-refractivity contribution in [3.8, 4) is 5.75 Å². The molecule has 0 bridgehead atoms. The zero-order chi connectivity index (χ0) is 19.8. The van der Waals surface area contributed by atoms with Gasteiger partial charge in [-0.2, -0.15) is 8.78 Å². The Balaban J connectivity index is 2.17. The largest absolute Gasteiger partial charge is 0.434 e. The minimum Gasteiger partial charge on any atom is -0.434 e. The van der Waals surface area contributed by atoms with Gasteiger partial charge in [0.2, 0.25) is 5.91 Å². The molecule has 0 saturated heterocycles. The lowest BCUT2D eigenvalue weighted by atomic mass is 10.1. The molecule has 0 aromatic heterocycles. The Morgan fingerprint density at radius 3 is 2.67 bits per heavy atom. The standard InChI is InChI=1S/C19H17ClF2N2O3/c1-2-23-18(26)14-11-13(20)8-9-15(14)24-17(25)10-7-12-5-3-4-6-16(12)27-19(21)22/h3-11,19H,2H2,1H3,(H,23,26)(H,24,25). The molecule has 0 aliphatic heterocycles. The van der Waals surface area contributed by atoms with E-state index >= 15 is 0 Å². The summed E-state index contributed by atoms with van der Waals surface area (Å²) < 4.78 is 29.3. The first kappa shape index (κ1) is 20.4. The first-order valence-electron chi connectivity index (χ1n) is 8.01. The van der Waals surface area contributed by atoms with E-state index in [-0.39, 0.29) is 22.9 Å². The fourth-order valence-corrected chi connectivity index (χ4v) is 2.40. The van der Waals surface area contributed by atoms with Gasteiger partial charge < -0.3 is 15.4 Å². The minimum atomic E-state index is -2.97. The van der Waals surface area contributed by atoms with Crippen LogP contribution in [0.3, 0.4) is 0 Å². The molecule has 2 rings (SSSR count). The number of nitrogens with one attached hydrogen (secondary N) is 2. The molecule has 2 amide bonds. The van der Waals surface area contributed by atoms with Gasteiger partial charge >= 0.3 is 6.61 Å². The SMILES string of the molecule is CCNC(=O)c1cc(Cl)ccc1NC(=O)C=Cc1ccccc1OC(F)F. The van der Waals surface area contributed by atoms with E-state index in [9.17, 15) is 18.4 Å². The average Bonchev–Trinajstić information content (AvgIpc) is 2.62. The number of carbonyl (C=O) groups is 2. The Morgan fingerprint density at radius 2 is 1.96 bits per heavy atom. The molecule has 0 atom stereocenters. The maximum Gasteiger partial charge on any atom is 0.387 e. The van der Waals surface area contributed by atoms with Crippen molar-refractivity contribution in [3.63, 3.8) is 0 Å². The topological polar surface area (TPSA) is 67.4 Å². The van der Waals surface area contributed by atoms with Crippen LogP contribution >= 0.6 is 11.6 Å². The Labute approximate surface area is 160 Å². The lowest BCUT2D eigenvalue weighted by Gasteiger charge is -2.10. The molecule has 5 nitrogen and oxygen atoms in total. The van der Waals surface area contributed by atoms with Gasteiger partial charge in [-0.25, -0.2) is 0 Å². The van der Waals surface area contributed by atoms with Crippen LogP contribution in [-0.2, 0) is 4.79 Å². The molecule has 27 heavy (non-hydrogen) atoms. The summed E-state index contributed by atoms with van der Waals surface area (Å²) in [6, 6.07) is 10.6. The molecule has 0 aliphatic carbocycles. The third-order valence-corrected chi connectivity index (χ3v) is 3.61. The Bertz CT molecular complexity index is 857. The van der Waals surface area contributed by atoms with Crippen molar-refractivity contribution in [1.29, 1.82) is 0 Å². The van der Waals surface area contributed by atoms with Crippen molar-refractivity contribution in [1.82, 2.24) is 5.32 Å². The molecule has 2 aromatic carbocycles. The van der Waals surface area contributed by atoms with Crippen molar-refractivity contribution in [2.24, 2.45) is 0 Å². The molecule has 0 spiro atoms. The van der Waals surface area contributed by atoms with Crippen molar-refractivity contribution >= 4 is 35.2 Å². The summed E-state index contributed by atoms with van der Waals surface area (Å²) in [5, 5.41) is 5.55. The second kappa shape index (κ2) is 9.68. The predicted octanol–water partition coefficient (Wildman–Crippen LogP) is 4.34. The van der Waals surface area contributed by atoms with Gasteiger partial charge in [-0.05, 0) is 37.3 Å². The van der Waals surface area contributed by atoms with Gasteiger partial charge in [0.1, 0.15) is 5.75 Å². The van der Waals surface area contributed by atoms with Crippen LogP contribution in [0.2, 0.25) is 5.02 Å². The van der Waals surface area contributed by atoms with E-state index < -0.39 is 12.5 Å². The number of ether oxygens (including phenoxy) is 1. The van der Waals surface area contributed by atoms with Crippen molar-refractivity contribution in [3.05, 3.63) is 64.7 Å². The molecule has 2 N–H and O–H groups in total. The molecule has 0 unspecified atom stereocenters. The number of hydrogen-bond acceptors (Lipinski definition) is 3.